The van der Waals surface area contributed by atoms with E-state index in [0.717, 1.165) is 35.8 Å². The lowest BCUT2D eigenvalue weighted by molar-refractivity contribution is 0.416. The fourth-order valence-corrected chi connectivity index (χ4v) is 3.17. The van der Waals surface area contributed by atoms with Crippen molar-refractivity contribution in [3.63, 3.8) is 0 Å². The number of hydrogen-bond donors (Lipinski definition) is 1. The van der Waals surface area contributed by atoms with Crippen molar-refractivity contribution in [2.75, 3.05) is 13.7 Å². The van der Waals surface area contributed by atoms with Crippen LogP contribution in [0.15, 0.2) is 24.3 Å². The first kappa shape index (κ1) is 10.7. The number of fused-ring (bicyclic) bond motifs is 1. The molecule has 0 saturated heterocycles. The summed E-state index contributed by atoms with van der Waals surface area (Å²) in [4.78, 5) is 6.09. The van der Waals surface area contributed by atoms with Crippen LogP contribution in [0.5, 0.6) is 5.75 Å². The van der Waals surface area contributed by atoms with Gasteiger partial charge in [-0.05, 0) is 12.1 Å². The zero-order chi connectivity index (χ0) is 11.7. The Morgan fingerprint density at radius 2 is 2.24 bits per heavy atom. The molecule has 1 aromatic carbocycles. The summed E-state index contributed by atoms with van der Waals surface area (Å²) in [5, 5.41) is 4.44. The van der Waals surface area contributed by atoms with Gasteiger partial charge in [-0.25, -0.2) is 4.98 Å². The maximum absolute atomic E-state index is 5.38. The Morgan fingerprint density at radius 3 is 3.06 bits per heavy atom. The fraction of sp³-hybridized carbons (Fsp3) is 0.308. The Morgan fingerprint density at radius 1 is 1.35 bits per heavy atom. The monoisotopic (exact) mass is 246 g/mol. The van der Waals surface area contributed by atoms with Gasteiger partial charge >= 0.3 is 0 Å². The van der Waals surface area contributed by atoms with E-state index in [9.17, 15) is 0 Å². The molecule has 0 bridgehead atoms. The largest absolute Gasteiger partial charge is 0.496 e. The molecule has 3 rings (SSSR count). The molecular formula is C13H14N2OS. The van der Waals surface area contributed by atoms with E-state index < -0.39 is 0 Å². The van der Waals surface area contributed by atoms with Crippen molar-refractivity contribution < 1.29 is 4.74 Å². The van der Waals surface area contributed by atoms with Crippen LogP contribution in [0.1, 0.15) is 10.6 Å². The Bertz CT molecular complexity index is 512. The van der Waals surface area contributed by atoms with Crippen LogP contribution in [-0.4, -0.2) is 18.6 Å². The van der Waals surface area contributed by atoms with Crippen LogP contribution < -0.4 is 10.1 Å². The van der Waals surface area contributed by atoms with Crippen molar-refractivity contribution in [2.45, 2.75) is 13.0 Å². The molecule has 0 radical (unpaired) electrons. The number of nitrogens with zero attached hydrogens (tertiary/aromatic N) is 1. The van der Waals surface area contributed by atoms with Crippen LogP contribution in [0.3, 0.4) is 0 Å². The van der Waals surface area contributed by atoms with Gasteiger partial charge in [0.2, 0.25) is 0 Å². The van der Waals surface area contributed by atoms with E-state index in [1.807, 2.05) is 18.2 Å². The molecule has 88 valence electrons. The molecule has 1 aliphatic heterocycles. The maximum atomic E-state index is 5.38. The summed E-state index contributed by atoms with van der Waals surface area (Å²) in [5.74, 6) is 0.895. The number of para-hydroxylation sites is 1. The van der Waals surface area contributed by atoms with Crippen LogP contribution >= 0.6 is 11.3 Å². The van der Waals surface area contributed by atoms with E-state index in [4.69, 9.17) is 9.72 Å². The zero-order valence-electron chi connectivity index (χ0n) is 9.69. The maximum Gasteiger partial charge on any atom is 0.129 e. The normalized spacial score (nSPS) is 14.4. The summed E-state index contributed by atoms with van der Waals surface area (Å²) in [6, 6.07) is 8.05. The number of hydrogen-bond acceptors (Lipinski definition) is 4. The molecule has 1 aromatic heterocycles. The van der Waals surface area contributed by atoms with Crippen LogP contribution in [0, 0.1) is 0 Å². The highest BCUT2D eigenvalue weighted by molar-refractivity contribution is 7.15. The van der Waals surface area contributed by atoms with Crippen molar-refractivity contribution in [3.8, 4) is 16.3 Å². The van der Waals surface area contributed by atoms with Gasteiger partial charge in [0.15, 0.2) is 0 Å². The molecule has 0 atom stereocenters. The second-order valence-corrected chi connectivity index (χ2v) is 5.10. The zero-order valence-corrected chi connectivity index (χ0v) is 10.5. The van der Waals surface area contributed by atoms with Crippen LogP contribution in [0.4, 0.5) is 0 Å². The third-order valence-electron chi connectivity index (χ3n) is 2.94. The molecule has 0 unspecified atom stereocenters. The summed E-state index contributed by atoms with van der Waals surface area (Å²) in [5.41, 5.74) is 2.34. The minimum atomic E-state index is 0.895. The van der Waals surface area contributed by atoms with Crippen molar-refractivity contribution in [2.24, 2.45) is 0 Å². The third kappa shape index (κ3) is 1.94. The first-order chi connectivity index (χ1) is 8.38. The van der Waals surface area contributed by atoms with Gasteiger partial charge in [-0.3, -0.25) is 0 Å². The van der Waals surface area contributed by atoms with Crippen molar-refractivity contribution in [1.82, 2.24) is 10.3 Å². The SMILES string of the molecule is COc1ccccc1-c1nc2c(s1)CNCC2. The number of methoxy groups -OCH3 is 1. The topological polar surface area (TPSA) is 34.1 Å². The molecule has 1 N–H and O–H groups in total. The number of nitrogens with one attached hydrogen (secondary N) is 1. The molecule has 0 amide bonds. The number of ether oxygens (including phenoxy) is 1. The van der Waals surface area contributed by atoms with E-state index in [1.165, 1.54) is 10.6 Å². The Kier molecular flexibility index (Phi) is 2.82. The average Bonchev–Trinajstić information content (AvgIpc) is 2.82. The van der Waals surface area contributed by atoms with Gasteiger partial charge in [0.05, 0.1) is 18.4 Å². The molecule has 2 aromatic rings. The fourth-order valence-electron chi connectivity index (χ4n) is 2.06. The number of benzene rings is 1. The lowest BCUT2D eigenvalue weighted by Gasteiger charge is -2.09. The van der Waals surface area contributed by atoms with Gasteiger partial charge in [0.25, 0.3) is 0 Å². The molecule has 0 spiro atoms. The molecule has 2 heterocycles. The molecule has 0 fully saturated rings. The highest BCUT2D eigenvalue weighted by Gasteiger charge is 2.17. The third-order valence-corrected chi connectivity index (χ3v) is 4.07. The first-order valence-electron chi connectivity index (χ1n) is 5.71. The van der Waals surface area contributed by atoms with Gasteiger partial charge in [-0.15, -0.1) is 11.3 Å². The highest BCUT2D eigenvalue weighted by atomic mass is 32.1. The molecule has 3 nitrogen and oxygen atoms in total. The van der Waals surface area contributed by atoms with E-state index in [1.54, 1.807) is 18.4 Å². The van der Waals surface area contributed by atoms with Crippen molar-refractivity contribution in [1.29, 1.82) is 0 Å². The molecule has 0 saturated carbocycles. The molecule has 4 heteroatoms. The van der Waals surface area contributed by atoms with Crippen LogP contribution in [-0.2, 0) is 13.0 Å². The number of rotatable bonds is 2. The van der Waals surface area contributed by atoms with Crippen molar-refractivity contribution >= 4 is 11.3 Å². The van der Waals surface area contributed by atoms with Gasteiger partial charge in [-0.1, -0.05) is 12.1 Å². The molecule has 17 heavy (non-hydrogen) atoms. The summed E-state index contributed by atoms with van der Waals surface area (Å²) < 4.78 is 5.38. The predicted octanol–water partition coefficient (Wildman–Crippen LogP) is 2.46. The van der Waals surface area contributed by atoms with Gasteiger partial charge in [-0.2, -0.15) is 0 Å². The summed E-state index contributed by atoms with van der Waals surface area (Å²) in [7, 11) is 1.70. The summed E-state index contributed by atoms with van der Waals surface area (Å²) in [6.07, 6.45) is 1.03. The predicted molar refractivity (Wildman–Crippen MR) is 69.5 cm³/mol. The lowest BCUT2D eigenvalue weighted by Crippen LogP contribution is -2.22. The molecule has 0 aliphatic carbocycles. The van der Waals surface area contributed by atoms with Gasteiger partial charge in [0, 0.05) is 24.4 Å². The number of aromatic nitrogens is 1. The Hall–Kier alpha value is -1.39. The smallest absolute Gasteiger partial charge is 0.129 e. The molecule has 1 aliphatic rings. The van der Waals surface area contributed by atoms with Gasteiger partial charge in [0.1, 0.15) is 10.8 Å². The van der Waals surface area contributed by atoms with E-state index in [2.05, 4.69) is 11.4 Å². The Labute approximate surface area is 104 Å². The van der Waals surface area contributed by atoms with Crippen molar-refractivity contribution in [3.05, 3.63) is 34.8 Å². The minimum absolute atomic E-state index is 0.895. The van der Waals surface area contributed by atoms with Gasteiger partial charge < -0.3 is 10.1 Å². The standard InChI is InChI=1S/C13H14N2OS/c1-16-11-5-3-2-4-9(11)13-15-10-6-7-14-8-12(10)17-13/h2-5,14H,6-8H2,1H3. The van der Waals surface area contributed by atoms with Crippen LogP contribution in [0.25, 0.3) is 10.6 Å². The highest BCUT2D eigenvalue weighted by Crippen LogP contribution is 2.35. The second kappa shape index (κ2) is 4.47. The quantitative estimate of drug-likeness (QED) is 0.884. The average molecular weight is 246 g/mol. The second-order valence-electron chi connectivity index (χ2n) is 4.02. The summed E-state index contributed by atoms with van der Waals surface area (Å²) >= 11 is 1.76. The van der Waals surface area contributed by atoms with E-state index in [0.29, 0.717) is 0 Å². The van der Waals surface area contributed by atoms with E-state index >= 15 is 0 Å². The minimum Gasteiger partial charge on any atom is -0.496 e. The van der Waals surface area contributed by atoms with E-state index in [-0.39, 0.29) is 0 Å². The first-order valence-corrected chi connectivity index (χ1v) is 6.53. The lowest BCUT2D eigenvalue weighted by atomic mass is 10.2. The Balaban J connectivity index is 2.06. The number of thiazole rings is 1. The van der Waals surface area contributed by atoms with Crippen LogP contribution in [0.2, 0.25) is 0 Å². The summed E-state index contributed by atoms with van der Waals surface area (Å²) in [6.45, 7) is 1.98. The molecular weight excluding hydrogens is 232 g/mol.